The first kappa shape index (κ1) is 20.6. The SMILES string of the molecule is CCN(CC)C(=O)[C@@H](c1ccccc1)N(C)CC(=O)Nc1ccc(C)cc1. The molecule has 5 heteroatoms. The first-order valence-electron chi connectivity index (χ1n) is 9.36. The van der Waals surface area contributed by atoms with Crippen LogP contribution >= 0.6 is 0 Å². The summed E-state index contributed by atoms with van der Waals surface area (Å²) in [6.07, 6.45) is 0. The predicted octanol–water partition coefficient (Wildman–Crippen LogP) is 3.48. The van der Waals surface area contributed by atoms with Crippen LogP contribution in [0.2, 0.25) is 0 Å². The maximum absolute atomic E-state index is 13.1. The van der Waals surface area contributed by atoms with Gasteiger partial charge in [0.15, 0.2) is 0 Å². The van der Waals surface area contributed by atoms with Gasteiger partial charge >= 0.3 is 0 Å². The number of hydrogen-bond acceptors (Lipinski definition) is 3. The van der Waals surface area contributed by atoms with Crippen LogP contribution in [0.1, 0.15) is 31.0 Å². The molecule has 0 aromatic heterocycles. The van der Waals surface area contributed by atoms with E-state index in [1.807, 2.05) is 82.4 Å². The molecule has 0 unspecified atom stereocenters. The van der Waals surface area contributed by atoms with Gasteiger partial charge in [-0.1, -0.05) is 48.0 Å². The largest absolute Gasteiger partial charge is 0.342 e. The van der Waals surface area contributed by atoms with Crippen molar-refractivity contribution in [2.24, 2.45) is 0 Å². The van der Waals surface area contributed by atoms with Crippen LogP contribution in [0.3, 0.4) is 0 Å². The molecular formula is C22H29N3O2. The summed E-state index contributed by atoms with van der Waals surface area (Å²) >= 11 is 0. The molecule has 0 aliphatic carbocycles. The fraction of sp³-hybridized carbons (Fsp3) is 0.364. The summed E-state index contributed by atoms with van der Waals surface area (Å²) in [4.78, 5) is 29.2. The van der Waals surface area contributed by atoms with Crippen molar-refractivity contribution in [2.45, 2.75) is 26.8 Å². The van der Waals surface area contributed by atoms with E-state index in [1.165, 1.54) is 0 Å². The van der Waals surface area contributed by atoms with Gasteiger partial charge in [0, 0.05) is 18.8 Å². The van der Waals surface area contributed by atoms with Gasteiger partial charge in [-0.3, -0.25) is 14.5 Å². The normalized spacial score (nSPS) is 11.9. The van der Waals surface area contributed by atoms with E-state index in [-0.39, 0.29) is 18.4 Å². The third-order valence-electron chi connectivity index (χ3n) is 4.59. The van der Waals surface area contributed by atoms with Crippen molar-refractivity contribution >= 4 is 17.5 Å². The van der Waals surface area contributed by atoms with Crippen molar-refractivity contribution < 1.29 is 9.59 Å². The Morgan fingerprint density at radius 2 is 1.56 bits per heavy atom. The second-order valence-corrected chi connectivity index (χ2v) is 6.65. The minimum absolute atomic E-state index is 0.0110. The zero-order chi connectivity index (χ0) is 19.8. The molecule has 5 nitrogen and oxygen atoms in total. The van der Waals surface area contributed by atoms with Crippen molar-refractivity contribution in [1.82, 2.24) is 9.80 Å². The lowest BCUT2D eigenvalue weighted by Gasteiger charge is -2.31. The van der Waals surface area contributed by atoms with E-state index >= 15 is 0 Å². The number of benzene rings is 2. The summed E-state index contributed by atoms with van der Waals surface area (Å²) in [5, 5.41) is 2.90. The minimum Gasteiger partial charge on any atom is -0.342 e. The standard InChI is InChI=1S/C22H29N3O2/c1-5-25(6-2)22(27)21(18-10-8-7-9-11-18)24(4)16-20(26)23-19-14-12-17(3)13-15-19/h7-15,21H,5-6,16H2,1-4H3,(H,23,26)/t21-/m1/s1. The van der Waals surface area contributed by atoms with Crippen LogP contribution in [-0.4, -0.2) is 48.3 Å². The number of amides is 2. The molecule has 0 bridgehead atoms. The quantitative estimate of drug-likeness (QED) is 0.777. The fourth-order valence-electron chi connectivity index (χ4n) is 3.08. The Kier molecular flexibility index (Phi) is 7.55. The molecule has 0 heterocycles. The number of carbonyl (C=O) groups excluding carboxylic acids is 2. The molecule has 0 saturated carbocycles. The van der Waals surface area contributed by atoms with Crippen molar-refractivity contribution in [3.63, 3.8) is 0 Å². The molecule has 2 amide bonds. The minimum atomic E-state index is -0.491. The molecule has 0 radical (unpaired) electrons. The Bertz CT molecular complexity index is 740. The van der Waals surface area contributed by atoms with Crippen molar-refractivity contribution in [2.75, 3.05) is 32.0 Å². The number of nitrogens with zero attached hydrogens (tertiary/aromatic N) is 2. The molecular weight excluding hydrogens is 338 g/mol. The van der Waals surface area contributed by atoms with Crippen LogP contribution in [0.25, 0.3) is 0 Å². The van der Waals surface area contributed by atoms with Crippen molar-refractivity contribution in [3.05, 3.63) is 65.7 Å². The summed E-state index contributed by atoms with van der Waals surface area (Å²) in [5.74, 6) is -0.133. The first-order valence-corrected chi connectivity index (χ1v) is 9.36. The maximum Gasteiger partial charge on any atom is 0.244 e. The average molecular weight is 367 g/mol. The van der Waals surface area contributed by atoms with Gasteiger partial charge in [0.1, 0.15) is 6.04 Å². The zero-order valence-corrected chi connectivity index (χ0v) is 16.6. The molecule has 0 spiro atoms. The van der Waals surface area contributed by atoms with E-state index in [9.17, 15) is 9.59 Å². The molecule has 0 aliphatic heterocycles. The van der Waals surface area contributed by atoms with Gasteiger partial charge < -0.3 is 10.2 Å². The highest BCUT2D eigenvalue weighted by atomic mass is 16.2. The highest BCUT2D eigenvalue weighted by Gasteiger charge is 2.29. The predicted molar refractivity (Wildman–Crippen MR) is 110 cm³/mol. The van der Waals surface area contributed by atoms with E-state index in [1.54, 1.807) is 9.80 Å². The lowest BCUT2D eigenvalue weighted by molar-refractivity contribution is -0.137. The van der Waals surface area contributed by atoms with Gasteiger partial charge in [-0.25, -0.2) is 0 Å². The molecule has 2 aromatic rings. The highest BCUT2D eigenvalue weighted by molar-refractivity contribution is 5.93. The van der Waals surface area contributed by atoms with E-state index in [2.05, 4.69) is 5.32 Å². The Labute approximate surface area is 162 Å². The molecule has 1 atom stereocenters. The number of anilines is 1. The summed E-state index contributed by atoms with van der Waals surface area (Å²) in [5.41, 5.74) is 2.78. The van der Waals surface area contributed by atoms with Crippen LogP contribution in [0, 0.1) is 6.92 Å². The van der Waals surface area contributed by atoms with Crippen molar-refractivity contribution in [3.8, 4) is 0 Å². The maximum atomic E-state index is 13.1. The monoisotopic (exact) mass is 367 g/mol. The van der Waals surface area contributed by atoms with E-state index in [0.717, 1.165) is 16.8 Å². The second kappa shape index (κ2) is 9.88. The third kappa shape index (κ3) is 5.66. The van der Waals surface area contributed by atoms with Gasteiger partial charge in [0.2, 0.25) is 11.8 Å². The number of hydrogen-bond donors (Lipinski definition) is 1. The second-order valence-electron chi connectivity index (χ2n) is 6.65. The van der Waals surface area contributed by atoms with Crippen LogP contribution < -0.4 is 5.32 Å². The number of nitrogens with one attached hydrogen (secondary N) is 1. The van der Waals surface area contributed by atoms with Gasteiger partial charge in [0.05, 0.1) is 6.54 Å². The lowest BCUT2D eigenvalue weighted by Crippen LogP contribution is -2.44. The molecule has 0 saturated heterocycles. The topological polar surface area (TPSA) is 52.7 Å². The molecule has 2 aromatic carbocycles. The van der Waals surface area contributed by atoms with E-state index in [4.69, 9.17) is 0 Å². The van der Waals surface area contributed by atoms with Crippen LogP contribution in [0.5, 0.6) is 0 Å². The molecule has 2 rings (SSSR count). The Morgan fingerprint density at radius 3 is 2.11 bits per heavy atom. The summed E-state index contributed by atoms with van der Waals surface area (Å²) in [6, 6.07) is 16.8. The summed E-state index contributed by atoms with van der Waals surface area (Å²) in [6.45, 7) is 7.34. The number of carbonyl (C=O) groups is 2. The Morgan fingerprint density at radius 1 is 0.963 bits per heavy atom. The smallest absolute Gasteiger partial charge is 0.244 e. The average Bonchev–Trinajstić information content (AvgIpc) is 2.65. The number of rotatable bonds is 8. The summed E-state index contributed by atoms with van der Waals surface area (Å²) in [7, 11) is 1.81. The molecule has 144 valence electrons. The first-order chi connectivity index (χ1) is 13.0. The number of aryl methyl sites for hydroxylation is 1. The molecule has 0 fully saturated rings. The van der Waals surface area contributed by atoms with Gasteiger partial charge in [-0.15, -0.1) is 0 Å². The molecule has 27 heavy (non-hydrogen) atoms. The van der Waals surface area contributed by atoms with E-state index < -0.39 is 6.04 Å². The van der Waals surface area contributed by atoms with Crippen LogP contribution in [-0.2, 0) is 9.59 Å². The van der Waals surface area contributed by atoms with Gasteiger partial charge in [-0.05, 0) is 45.5 Å². The fourth-order valence-corrected chi connectivity index (χ4v) is 3.08. The van der Waals surface area contributed by atoms with Gasteiger partial charge in [-0.2, -0.15) is 0 Å². The van der Waals surface area contributed by atoms with Crippen LogP contribution in [0.4, 0.5) is 5.69 Å². The molecule has 0 aliphatic rings. The third-order valence-corrected chi connectivity index (χ3v) is 4.59. The van der Waals surface area contributed by atoms with Gasteiger partial charge in [0.25, 0.3) is 0 Å². The van der Waals surface area contributed by atoms with Crippen molar-refractivity contribution in [1.29, 1.82) is 0 Å². The number of likely N-dealkylation sites (N-methyl/N-ethyl adjacent to an activating group) is 2. The zero-order valence-electron chi connectivity index (χ0n) is 16.6. The highest BCUT2D eigenvalue weighted by Crippen LogP contribution is 2.22. The lowest BCUT2D eigenvalue weighted by atomic mass is 10.0. The summed E-state index contributed by atoms with van der Waals surface area (Å²) < 4.78 is 0. The molecule has 1 N–H and O–H groups in total. The Hall–Kier alpha value is -2.66. The van der Waals surface area contributed by atoms with Crippen LogP contribution in [0.15, 0.2) is 54.6 Å². The van der Waals surface area contributed by atoms with E-state index in [0.29, 0.717) is 13.1 Å². The Balaban J connectivity index is 2.15.